The molecule has 126 valence electrons. The van der Waals surface area contributed by atoms with Gasteiger partial charge >= 0.3 is 5.97 Å². The van der Waals surface area contributed by atoms with Crippen molar-refractivity contribution in [3.63, 3.8) is 0 Å². The summed E-state index contributed by atoms with van der Waals surface area (Å²) in [6.45, 7) is 2.57. The van der Waals surface area contributed by atoms with Crippen LogP contribution in [0, 0.1) is 6.92 Å². The molecule has 0 spiro atoms. The number of nitrogens with one attached hydrogen (secondary N) is 2. The maximum absolute atomic E-state index is 12.0. The van der Waals surface area contributed by atoms with Gasteiger partial charge < -0.3 is 15.7 Å². The lowest BCUT2D eigenvalue weighted by Gasteiger charge is -2.10. The van der Waals surface area contributed by atoms with Crippen LogP contribution in [0.5, 0.6) is 0 Å². The molecule has 3 N–H and O–H groups in total. The molecule has 0 fully saturated rings. The van der Waals surface area contributed by atoms with E-state index < -0.39 is 5.97 Å². The van der Waals surface area contributed by atoms with Gasteiger partial charge in [0, 0.05) is 30.8 Å². The number of carbonyl (C=O) groups is 2. The van der Waals surface area contributed by atoms with Gasteiger partial charge in [0.25, 0.3) is 0 Å². The summed E-state index contributed by atoms with van der Waals surface area (Å²) < 4.78 is 0. The number of para-hydroxylation sites is 1. The minimum atomic E-state index is -0.827. The quantitative estimate of drug-likeness (QED) is 0.694. The highest BCUT2D eigenvalue weighted by molar-refractivity contribution is 5.91. The zero-order valence-corrected chi connectivity index (χ0v) is 13.7. The summed E-state index contributed by atoms with van der Waals surface area (Å²) in [6.07, 6.45) is 0.888. The second-order valence-electron chi connectivity index (χ2n) is 5.63. The van der Waals surface area contributed by atoms with Crippen LogP contribution in [0.2, 0.25) is 0 Å². The zero-order chi connectivity index (χ0) is 17.4. The largest absolute Gasteiger partial charge is 0.481 e. The molecule has 2 rings (SSSR count). The highest BCUT2D eigenvalue weighted by atomic mass is 16.4. The molecule has 0 saturated heterocycles. The van der Waals surface area contributed by atoms with E-state index >= 15 is 0 Å². The molecule has 0 radical (unpaired) electrons. The molecular weight excluding hydrogens is 304 g/mol. The number of aliphatic carboxylic acids is 1. The number of rotatable bonds is 8. The van der Waals surface area contributed by atoms with Crippen molar-refractivity contribution in [2.75, 3.05) is 17.2 Å². The Morgan fingerprint density at radius 1 is 1.04 bits per heavy atom. The van der Waals surface area contributed by atoms with Crippen LogP contribution >= 0.6 is 0 Å². The Hall–Kier alpha value is -2.82. The third-order valence-electron chi connectivity index (χ3n) is 3.65. The number of amides is 1. The summed E-state index contributed by atoms with van der Waals surface area (Å²) in [5.41, 5.74) is 3.76. The molecule has 5 nitrogen and oxygen atoms in total. The van der Waals surface area contributed by atoms with Crippen LogP contribution in [0.4, 0.5) is 11.4 Å². The Morgan fingerprint density at radius 2 is 1.83 bits per heavy atom. The summed E-state index contributed by atoms with van der Waals surface area (Å²) in [5.74, 6) is -0.904. The van der Waals surface area contributed by atoms with Gasteiger partial charge in [-0.05, 0) is 42.7 Å². The molecule has 0 saturated carbocycles. The van der Waals surface area contributed by atoms with Gasteiger partial charge in [0.05, 0.1) is 0 Å². The lowest BCUT2D eigenvalue weighted by atomic mass is 10.1. The van der Waals surface area contributed by atoms with E-state index in [-0.39, 0.29) is 12.3 Å². The lowest BCUT2D eigenvalue weighted by Crippen LogP contribution is -2.16. The maximum atomic E-state index is 12.0. The van der Waals surface area contributed by atoms with Crippen molar-refractivity contribution in [2.24, 2.45) is 0 Å². The molecule has 2 aromatic rings. The van der Waals surface area contributed by atoms with Gasteiger partial charge in [-0.3, -0.25) is 9.59 Å². The molecule has 0 aliphatic carbocycles. The molecule has 2 aromatic carbocycles. The molecule has 0 bridgehead atoms. The molecule has 0 aliphatic heterocycles. The second kappa shape index (κ2) is 8.72. The topological polar surface area (TPSA) is 78.4 Å². The van der Waals surface area contributed by atoms with Crippen LogP contribution in [-0.4, -0.2) is 23.5 Å². The number of hydrogen-bond donors (Lipinski definition) is 3. The second-order valence-corrected chi connectivity index (χ2v) is 5.63. The number of anilines is 2. The molecule has 0 unspecified atom stereocenters. The maximum Gasteiger partial charge on any atom is 0.303 e. The van der Waals surface area contributed by atoms with E-state index in [1.165, 1.54) is 0 Å². The highest BCUT2D eigenvalue weighted by Crippen LogP contribution is 2.14. The Labute approximate surface area is 141 Å². The first kappa shape index (κ1) is 17.5. The minimum absolute atomic E-state index is 0.0773. The molecule has 24 heavy (non-hydrogen) atoms. The summed E-state index contributed by atoms with van der Waals surface area (Å²) >= 11 is 0. The third-order valence-corrected chi connectivity index (χ3v) is 3.65. The average molecular weight is 326 g/mol. The van der Waals surface area contributed by atoms with Gasteiger partial charge in [-0.1, -0.05) is 30.3 Å². The van der Waals surface area contributed by atoms with Gasteiger partial charge in [-0.25, -0.2) is 0 Å². The van der Waals surface area contributed by atoms with E-state index in [1.807, 2.05) is 49.4 Å². The molecular formula is C19H22N2O3. The van der Waals surface area contributed by atoms with E-state index in [9.17, 15) is 9.59 Å². The van der Waals surface area contributed by atoms with E-state index in [1.54, 1.807) is 6.07 Å². The lowest BCUT2D eigenvalue weighted by molar-refractivity contribution is -0.137. The summed E-state index contributed by atoms with van der Waals surface area (Å²) in [5, 5.41) is 14.8. The Bertz CT molecular complexity index is 713. The van der Waals surface area contributed by atoms with E-state index in [0.29, 0.717) is 25.1 Å². The van der Waals surface area contributed by atoms with Gasteiger partial charge in [0.15, 0.2) is 0 Å². The van der Waals surface area contributed by atoms with Crippen LogP contribution in [0.3, 0.4) is 0 Å². The monoisotopic (exact) mass is 326 g/mol. The molecule has 5 heteroatoms. The molecule has 0 aliphatic rings. The summed E-state index contributed by atoms with van der Waals surface area (Å²) in [6, 6.07) is 15.2. The highest BCUT2D eigenvalue weighted by Gasteiger charge is 2.05. The number of benzene rings is 2. The Kier molecular flexibility index (Phi) is 6.37. The minimum Gasteiger partial charge on any atom is -0.481 e. The first-order valence-corrected chi connectivity index (χ1v) is 7.94. The normalized spacial score (nSPS) is 10.2. The Morgan fingerprint density at radius 3 is 2.58 bits per heavy atom. The van der Waals surface area contributed by atoms with E-state index in [4.69, 9.17) is 5.11 Å². The first-order chi connectivity index (χ1) is 11.5. The van der Waals surface area contributed by atoms with E-state index in [2.05, 4.69) is 10.6 Å². The van der Waals surface area contributed by atoms with Crippen molar-refractivity contribution in [1.82, 2.24) is 0 Å². The first-order valence-electron chi connectivity index (χ1n) is 7.94. The summed E-state index contributed by atoms with van der Waals surface area (Å²) in [4.78, 5) is 22.6. The predicted octanol–water partition coefficient (Wildman–Crippen LogP) is 3.45. The predicted molar refractivity (Wildman–Crippen MR) is 95.3 cm³/mol. The number of hydrogen-bond acceptors (Lipinski definition) is 3. The van der Waals surface area contributed by atoms with Gasteiger partial charge in [0.1, 0.15) is 0 Å². The van der Waals surface area contributed by atoms with Crippen LogP contribution in [0.15, 0.2) is 48.5 Å². The SMILES string of the molecule is Cc1ccccc1NCCC(=O)Nc1cccc(CCC(=O)O)c1. The third kappa shape index (κ3) is 5.76. The van der Waals surface area contributed by atoms with Gasteiger partial charge in [0.2, 0.25) is 5.91 Å². The van der Waals surface area contributed by atoms with Crippen molar-refractivity contribution >= 4 is 23.3 Å². The van der Waals surface area contributed by atoms with Crippen LogP contribution in [-0.2, 0) is 16.0 Å². The summed E-state index contributed by atoms with van der Waals surface area (Å²) in [7, 11) is 0. The standard InChI is InChI=1S/C19H22N2O3/c1-14-5-2-3-8-17(14)20-12-11-18(22)21-16-7-4-6-15(13-16)9-10-19(23)24/h2-8,13,20H,9-12H2,1H3,(H,21,22)(H,23,24). The molecule has 0 aromatic heterocycles. The fourth-order valence-corrected chi connectivity index (χ4v) is 2.36. The van der Waals surface area contributed by atoms with Crippen LogP contribution < -0.4 is 10.6 Å². The van der Waals surface area contributed by atoms with Crippen LogP contribution in [0.1, 0.15) is 24.0 Å². The average Bonchev–Trinajstić information content (AvgIpc) is 2.55. The smallest absolute Gasteiger partial charge is 0.303 e. The van der Waals surface area contributed by atoms with E-state index in [0.717, 1.165) is 16.8 Å². The fraction of sp³-hybridized carbons (Fsp3) is 0.263. The molecule has 0 heterocycles. The van der Waals surface area contributed by atoms with Crippen LogP contribution in [0.25, 0.3) is 0 Å². The number of carboxylic acid groups (broad SMARTS) is 1. The zero-order valence-electron chi connectivity index (χ0n) is 13.7. The van der Waals surface area contributed by atoms with Crippen molar-refractivity contribution in [3.05, 3.63) is 59.7 Å². The van der Waals surface area contributed by atoms with Crippen molar-refractivity contribution in [1.29, 1.82) is 0 Å². The van der Waals surface area contributed by atoms with Crippen molar-refractivity contribution in [2.45, 2.75) is 26.2 Å². The number of carbonyl (C=O) groups excluding carboxylic acids is 1. The molecule has 1 amide bonds. The fourth-order valence-electron chi connectivity index (χ4n) is 2.36. The number of aryl methyl sites for hydroxylation is 2. The van der Waals surface area contributed by atoms with Crippen molar-refractivity contribution in [3.8, 4) is 0 Å². The molecule has 0 atom stereocenters. The van der Waals surface area contributed by atoms with Gasteiger partial charge in [-0.2, -0.15) is 0 Å². The number of carboxylic acids is 1. The van der Waals surface area contributed by atoms with Crippen molar-refractivity contribution < 1.29 is 14.7 Å². The van der Waals surface area contributed by atoms with Gasteiger partial charge in [-0.15, -0.1) is 0 Å². The Balaban J connectivity index is 1.81.